The molecule has 0 aromatic heterocycles. The zero-order valence-corrected chi connectivity index (χ0v) is 14.2. The van der Waals surface area contributed by atoms with E-state index in [1.807, 2.05) is 36.6 Å². The molecule has 0 fully saturated rings. The lowest BCUT2D eigenvalue weighted by Gasteiger charge is -2.32. The molecule has 2 rings (SSSR count). The van der Waals surface area contributed by atoms with Crippen LogP contribution in [-0.4, -0.2) is 41.7 Å². The molecule has 1 aliphatic heterocycles. The van der Waals surface area contributed by atoms with Crippen molar-refractivity contribution in [3.8, 4) is 0 Å². The normalized spacial score (nSPS) is 19.6. The number of guanidine groups is 1. The molecule has 0 radical (unpaired) electrons. The van der Waals surface area contributed by atoms with Gasteiger partial charge in [0.05, 0.1) is 6.34 Å². The summed E-state index contributed by atoms with van der Waals surface area (Å²) in [6.45, 7) is 9.67. The second-order valence-electron chi connectivity index (χ2n) is 4.97. The Morgan fingerprint density at radius 1 is 1.26 bits per heavy atom. The van der Waals surface area contributed by atoms with Crippen molar-refractivity contribution in [3.63, 3.8) is 0 Å². The van der Waals surface area contributed by atoms with Crippen molar-refractivity contribution in [2.75, 3.05) is 19.3 Å². The van der Waals surface area contributed by atoms with E-state index in [-0.39, 0.29) is 0 Å². The minimum absolute atomic E-state index is 0.689. The Morgan fingerprint density at radius 2 is 1.96 bits per heavy atom. The Morgan fingerprint density at radius 3 is 2.57 bits per heavy atom. The molecule has 5 nitrogen and oxygen atoms in total. The molecule has 0 saturated carbocycles. The minimum atomic E-state index is -0.725. The van der Waals surface area contributed by atoms with Gasteiger partial charge in [-0.05, 0) is 11.8 Å². The monoisotopic (exact) mass is 329 g/mol. The maximum atomic E-state index is 4.77. The van der Waals surface area contributed by atoms with Gasteiger partial charge >= 0.3 is 0 Å². The quantitative estimate of drug-likeness (QED) is 0.568. The van der Waals surface area contributed by atoms with Crippen molar-refractivity contribution >= 4 is 24.1 Å². The van der Waals surface area contributed by atoms with Gasteiger partial charge in [0.1, 0.15) is 0 Å². The zero-order chi connectivity index (χ0) is 16.5. The predicted molar refractivity (Wildman–Crippen MR) is 101 cm³/mol. The molecule has 0 spiro atoms. The van der Waals surface area contributed by atoms with E-state index in [1.165, 1.54) is 5.56 Å². The summed E-state index contributed by atoms with van der Waals surface area (Å²) < 4.78 is 0. The number of benzene rings is 1. The maximum Gasteiger partial charge on any atom is 0.259 e. The lowest BCUT2D eigenvalue weighted by atomic mass is 10.2. The standard InChI is InChI=1S/C17H23N5S/c1-4-11-22(12-5-2)16-18-14-20-17(21-16,23-3)19-13-15-9-7-6-8-10-15/h4-10,14,19H,1-2,11-13H2,3H3,(H,18,20,21). The summed E-state index contributed by atoms with van der Waals surface area (Å²) in [5.74, 6) is 0.759. The molecule has 1 aromatic rings. The van der Waals surface area contributed by atoms with Crippen LogP contribution >= 0.6 is 11.8 Å². The van der Waals surface area contributed by atoms with Crippen molar-refractivity contribution in [2.24, 2.45) is 9.98 Å². The van der Waals surface area contributed by atoms with E-state index in [1.54, 1.807) is 18.1 Å². The third-order valence-electron chi connectivity index (χ3n) is 3.34. The van der Waals surface area contributed by atoms with Crippen LogP contribution in [0.3, 0.4) is 0 Å². The van der Waals surface area contributed by atoms with Gasteiger partial charge in [0.15, 0.2) is 0 Å². The molecule has 122 valence electrons. The summed E-state index contributed by atoms with van der Waals surface area (Å²) in [6.07, 6.45) is 7.37. The molecule has 0 aliphatic carbocycles. The molecular formula is C17H23N5S. The van der Waals surface area contributed by atoms with Crippen molar-refractivity contribution in [2.45, 2.75) is 11.7 Å². The van der Waals surface area contributed by atoms with Gasteiger partial charge in [0, 0.05) is 19.6 Å². The Balaban J connectivity index is 2.15. The van der Waals surface area contributed by atoms with Crippen LogP contribution in [0.5, 0.6) is 0 Å². The fourth-order valence-electron chi connectivity index (χ4n) is 2.17. The number of thioether (sulfide) groups is 1. The van der Waals surface area contributed by atoms with Crippen LogP contribution < -0.4 is 10.6 Å². The molecule has 6 heteroatoms. The highest BCUT2D eigenvalue weighted by Gasteiger charge is 2.30. The zero-order valence-electron chi connectivity index (χ0n) is 13.4. The summed E-state index contributed by atoms with van der Waals surface area (Å²) in [5.41, 5.74) is 1.19. The maximum absolute atomic E-state index is 4.77. The van der Waals surface area contributed by atoms with E-state index in [0.717, 1.165) is 5.96 Å². The average Bonchev–Trinajstić information content (AvgIpc) is 2.61. The van der Waals surface area contributed by atoms with Crippen molar-refractivity contribution in [1.29, 1.82) is 0 Å². The molecule has 1 unspecified atom stereocenters. The number of rotatable bonds is 8. The highest BCUT2D eigenvalue weighted by atomic mass is 32.2. The van der Waals surface area contributed by atoms with Crippen LogP contribution in [-0.2, 0) is 6.54 Å². The molecule has 0 saturated heterocycles. The third kappa shape index (κ3) is 4.71. The summed E-state index contributed by atoms with van der Waals surface area (Å²) in [6, 6.07) is 10.2. The second-order valence-corrected chi connectivity index (χ2v) is 5.95. The largest absolute Gasteiger partial charge is 0.335 e. The number of hydrogen-bond donors (Lipinski definition) is 2. The Hall–Kier alpha value is -2.05. The first-order chi connectivity index (χ1) is 11.2. The van der Waals surface area contributed by atoms with Gasteiger partial charge in [0.25, 0.3) is 5.12 Å². The first kappa shape index (κ1) is 17.3. The van der Waals surface area contributed by atoms with Gasteiger partial charge in [-0.3, -0.25) is 5.32 Å². The van der Waals surface area contributed by atoms with Gasteiger partial charge in [-0.1, -0.05) is 54.2 Å². The molecule has 2 N–H and O–H groups in total. The molecule has 0 amide bonds. The number of nitrogens with zero attached hydrogens (tertiary/aromatic N) is 3. The van der Waals surface area contributed by atoms with Crippen molar-refractivity contribution < 1.29 is 0 Å². The second kappa shape index (κ2) is 8.55. The third-order valence-corrected chi connectivity index (χ3v) is 4.25. The molecule has 0 bridgehead atoms. The summed E-state index contributed by atoms with van der Waals surface area (Å²) in [7, 11) is 0. The molecule has 1 heterocycles. The first-order valence-electron chi connectivity index (χ1n) is 7.44. The summed E-state index contributed by atoms with van der Waals surface area (Å²) >= 11 is 1.55. The molecule has 1 aliphatic rings. The molecule has 23 heavy (non-hydrogen) atoms. The van der Waals surface area contributed by atoms with Crippen LogP contribution in [0, 0.1) is 0 Å². The van der Waals surface area contributed by atoms with Crippen LogP contribution in [0.2, 0.25) is 0 Å². The van der Waals surface area contributed by atoms with Gasteiger partial charge < -0.3 is 10.2 Å². The van der Waals surface area contributed by atoms with Gasteiger partial charge in [-0.25, -0.2) is 4.99 Å². The summed E-state index contributed by atoms with van der Waals surface area (Å²) in [4.78, 5) is 11.3. The Bertz CT molecular complexity index is 574. The number of hydrogen-bond acceptors (Lipinski definition) is 6. The smallest absolute Gasteiger partial charge is 0.259 e. The van der Waals surface area contributed by atoms with E-state index in [2.05, 4.69) is 45.8 Å². The van der Waals surface area contributed by atoms with Gasteiger partial charge in [0.2, 0.25) is 5.96 Å². The average molecular weight is 329 g/mol. The van der Waals surface area contributed by atoms with E-state index in [9.17, 15) is 0 Å². The van der Waals surface area contributed by atoms with Crippen LogP contribution in [0.1, 0.15) is 5.56 Å². The Kier molecular flexibility index (Phi) is 6.43. The predicted octanol–water partition coefficient (Wildman–Crippen LogP) is 2.41. The lowest BCUT2D eigenvalue weighted by Crippen LogP contribution is -2.50. The molecular weight excluding hydrogens is 306 g/mol. The number of nitrogens with one attached hydrogen (secondary N) is 2. The summed E-state index contributed by atoms with van der Waals surface area (Å²) in [5, 5.41) is 5.82. The molecule has 1 atom stereocenters. The highest BCUT2D eigenvalue weighted by Crippen LogP contribution is 2.25. The Labute approximate surface area is 142 Å². The van der Waals surface area contributed by atoms with Crippen molar-refractivity contribution in [3.05, 3.63) is 61.2 Å². The van der Waals surface area contributed by atoms with Gasteiger partial charge in [-0.15, -0.1) is 13.2 Å². The SMILES string of the molecule is C=CCN(CC=C)C1=NC(NCc2ccccc2)(SC)N=CN1. The van der Waals surface area contributed by atoms with E-state index in [0.29, 0.717) is 19.6 Å². The van der Waals surface area contributed by atoms with Gasteiger partial charge in [-0.2, -0.15) is 4.99 Å². The fourth-order valence-corrected chi connectivity index (χ4v) is 2.72. The van der Waals surface area contributed by atoms with E-state index in [4.69, 9.17) is 4.99 Å². The van der Waals surface area contributed by atoms with Crippen LogP contribution in [0.15, 0.2) is 65.6 Å². The highest BCUT2D eigenvalue weighted by molar-refractivity contribution is 7.99. The number of aliphatic imine (C=N–C) groups is 2. The van der Waals surface area contributed by atoms with Crippen LogP contribution in [0.4, 0.5) is 0 Å². The minimum Gasteiger partial charge on any atom is -0.335 e. The van der Waals surface area contributed by atoms with E-state index >= 15 is 0 Å². The van der Waals surface area contributed by atoms with Crippen LogP contribution in [0.25, 0.3) is 0 Å². The topological polar surface area (TPSA) is 52.0 Å². The molecule has 1 aromatic carbocycles. The first-order valence-corrected chi connectivity index (χ1v) is 8.66. The fraction of sp³-hybridized carbons (Fsp3) is 0.294. The van der Waals surface area contributed by atoms with Crippen molar-refractivity contribution in [1.82, 2.24) is 15.5 Å². The van der Waals surface area contributed by atoms with E-state index < -0.39 is 5.12 Å². The lowest BCUT2D eigenvalue weighted by molar-refractivity contribution is 0.452.